The summed E-state index contributed by atoms with van der Waals surface area (Å²) in [4.78, 5) is 18.8. The minimum atomic E-state index is -0.513. The molecule has 2 amide bonds. The third-order valence-corrected chi connectivity index (χ3v) is 5.90. The molecule has 8 nitrogen and oxygen atoms in total. The fourth-order valence-electron chi connectivity index (χ4n) is 3.60. The highest BCUT2D eigenvalue weighted by atomic mass is 35.5. The van der Waals surface area contributed by atoms with Crippen molar-refractivity contribution in [2.75, 3.05) is 39.8 Å². The average Bonchev–Trinajstić information content (AvgIpc) is 3.11. The fourth-order valence-corrected chi connectivity index (χ4v) is 3.84. The van der Waals surface area contributed by atoms with E-state index in [-0.39, 0.29) is 12.1 Å². The van der Waals surface area contributed by atoms with E-state index in [0.29, 0.717) is 52.7 Å². The minimum Gasteiger partial charge on any atom is -0.493 e. The molecular formula is C29H34ClFN4O4. The maximum atomic E-state index is 14.2. The number of methoxy groups -OCH3 is 1. The van der Waals surface area contributed by atoms with E-state index in [2.05, 4.69) is 15.6 Å². The number of benzene rings is 2. The third-order valence-electron chi connectivity index (χ3n) is 5.66. The van der Waals surface area contributed by atoms with Gasteiger partial charge in [0.15, 0.2) is 11.5 Å². The number of nitrogens with one attached hydrogen (secondary N) is 2. The van der Waals surface area contributed by atoms with Crippen molar-refractivity contribution in [3.8, 4) is 11.5 Å². The number of rotatable bonds is 10. The molecule has 1 aliphatic rings. The molecule has 39 heavy (non-hydrogen) atoms. The number of hydrogen-bond donors (Lipinski definition) is 2. The van der Waals surface area contributed by atoms with Gasteiger partial charge in [-0.1, -0.05) is 24.6 Å². The van der Waals surface area contributed by atoms with Crippen molar-refractivity contribution in [1.82, 2.24) is 10.2 Å². The van der Waals surface area contributed by atoms with Crippen LogP contribution < -0.4 is 20.1 Å². The minimum absolute atomic E-state index is 0.106. The van der Waals surface area contributed by atoms with Gasteiger partial charge >= 0.3 is 6.03 Å². The zero-order chi connectivity index (χ0) is 28.4. The molecule has 208 valence electrons. The summed E-state index contributed by atoms with van der Waals surface area (Å²) in [7, 11) is 4.95. The number of carbonyl (C=O) groups is 1. The number of urea groups is 1. The maximum absolute atomic E-state index is 14.2. The first-order valence-electron chi connectivity index (χ1n) is 12.5. The second-order valence-electron chi connectivity index (χ2n) is 8.76. The quantitative estimate of drug-likeness (QED) is 0.264. The molecule has 0 aliphatic heterocycles. The summed E-state index contributed by atoms with van der Waals surface area (Å²) in [6, 6.07) is 9.48. The van der Waals surface area contributed by atoms with Crippen molar-refractivity contribution in [3.63, 3.8) is 0 Å². The number of ether oxygens (including phenoxy) is 3. The number of carbonyl (C=O) groups excluding carboxylic acids is 1. The Morgan fingerprint density at radius 3 is 2.69 bits per heavy atom. The van der Waals surface area contributed by atoms with E-state index >= 15 is 0 Å². The van der Waals surface area contributed by atoms with Crippen LogP contribution in [0.3, 0.4) is 0 Å². The molecule has 0 heterocycles. The molecule has 1 aliphatic carbocycles. The molecular weight excluding hydrogens is 523 g/mol. The molecule has 0 fully saturated rings. The first kappa shape index (κ1) is 29.7. The van der Waals surface area contributed by atoms with Crippen LogP contribution in [0.2, 0.25) is 0 Å². The smallest absolute Gasteiger partial charge is 0.325 e. The first-order chi connectivity index (χ1) is 18.7. The Bertz CT molecular complexity index is 1310. The zero-order valence-corrected chi connectivity index (χ0v) is 23.6. The fraction of sp³-hybridized carbons (Fsp3) is 0.310. The molecule has 0 saturated heterocycles. The van der Waals surface area contributed by atoms with Gasteiger partial charge in [0.25, 0.3) is 0 Å². The van der Waals surface area contributed by atoms with Crippen LogP contribution in [0.4, 0.5) is 14.9 Å². The van der Waals surface area contributed by atoms with Crippen LogP contribution in [0.25, 0.3) is 0 Å². The standard InChI is InChI=1S/C29H34ClFN4O4/c1-6-13-38-26-12-8-20(15-27(26)37-5)28(33-18-32-3)39-23-10-9-22(16-21(30)17-23)35(4)29(36)34-25-14-19(2)7-11-24(25)31/h7-12,14-15,17,32H,6,13,16,18H2,1-5H3,(H,34,36)/b33-28+. The Hall–Kier alpha value is -3.82. The molecule has 3 rings (SSSR count). The average molecular weight is 557 g/mol. The number of amides is 2. The van der Waals surface area contributed by atoms with E-state index in [1.807, 2.05) is 26.0 Å². The number of hydrogen-bond acceptors (Lipinski definition) is 6. The van der Waals surface area contributed by atoms with Crippen molar-refractivity contribution < 1.29 is 23.4 Å². The lowest BCUT2D eigenvalue weighted by Crippen LogP contribution is -2.31. The predicted octanol–water partition coefficient (Wildman–Crippen LogP) is 6.33. The van der Waals surface area contributed by atoms with Crippen LogP contribution in [0, 0.1) is 12.7 Å². The number of halogens is 2. The van der Waals surface area contributed by atoms with E-state index in [9.17, 15) is 9.18 Å². The molecule has 0 atom stereocenters. The van der Waals surface area contributed by atoms with E-state index in [0.717, 1.165) is 12.0 Å². The van der Waals surface area contributed by atoms with Gasteiger partial charge in [0.05, 0.1) is 26.1 Å². The lowest BCUT2D eigenvalue weighted by atomic mass is 10.2. The second-order valence-corrected chi connectivity index (χ2v) is 9.24. The number of nitrogens with zero attached hydrogens (tertiary/aromatic N) is 2. The molecule has 0 radical (unpaired) electrons. The summed E-state index contributed by atoms with van der Waals surface area (Å²) >= 11 is 6.51. The van der Waals surface area contributed by atoms with Crippen LogP contribution in [-0.2, 0) is 4.74 Å². The molecule has 2 aromatic rings. The van der Waals surface area contributed by atoms with Crippen molar-refractivity contribution >= 4 is 29.2 Å². The summed E-state index contributed by atoms with van der Waals surface area (Å²) in [5, 5.41) is 6.03. The summed E-state index contributed by atoms with van der Waals surface area (Å²) in [6.07, 6.45) is 6.24. The van der Waals surface area contributed by atoms with E-state index in [4.69, 9.17) is 25.8 Å². The zero-order valence-electron chi connectivity index (χ0n) is 22.8. The maximum Gasteiger partial charge on any atom is 0.325 e. The van der Waals surface area contributed by atoms with Gasteiger partial charge in [-0.15, -0.1) is 0 Å². The SMILES string of the molecule is CCCOc1ccc(/C(=N\CNC)OC2=CC=C(N(C)C(=O)Nc3cc(C)ccc3F)CC(Cl)=C2)cc1OC. The lowest BCUT2D eigenvalue weighted by Gasteiger charge is -2.21. The number of aryl methyl sites for hydroxylation is 1. The van der Waals surface area contributed by atoms with Crippen LogP contribution >= 0.6 is 11.6 Å². The molecule has 2 N–H and O–H groups in total. The topological polar surface area (TPSA) is 84.4 Å². The van der Waals surface area contributed by atoms with Gasteiger partial charge < -0.3 is 29.7 Å². The molecule has 2 aromatic carbocycles. The number of allylic oxidation sites excluding steroid dienone is 4. The highest BCUT2D eigenvalue weighted by Gasteiger charge is 2.19. The van der Waals surface area contributed by atoms with Crippen molar-refractivity contribution in [1.29, 1.82) is 0 Å². The van der Waals surface area contributed by atoms with Crippen molar-refractivity contribution in [2.45, 2.75) is 26.7 Å². The van der Waals surface area contributed by atoms with Crippen molar-refractivity contribution in [2.24, 2.45) is 4.99 Å². The molecule has 10 heteroatoms. The Morgan fingerprint density at radius 2 is 1.97 bits per heavy atom. The Labute approximate surface area is 233 Å². The summed E-state index contributed by atoms with van der Waals surface area (Å²) in [6.45, 7) is 4.74. The summed E-state index contributed by atoms with van der Waals surface area (Å²) in [5.41, 5.74) is 2.21. The van der Waals surface area contributed by atoms with Gasteiger partial charge in [-0.2, -0.15) is 0 Å². The van der Waals surface area contributed by atoms with E-state index < -0.39 is 11.8 Å². The van der Waals surface area contributed by atoms with Crippen molar-refractivity contribution in [3.05, 3.63) is 88.1 Å². The Balaban J connectivity index is 1.83. The Kier molecular flexibility index (Phi) is 11.0. The molecule has 0 spiro atoms. The first-order valence-corrected chi connectivity index (χ1v) is 12.9. The van der Waals surface area contributed by atoms with Gasteiger partial charge in [0.1, 0.15) is 11.6 Å². The third kappa shape index (κ3) is 8.33. The van der Waals surface area contributed by atoms with Gasteiger partial charge in [-0.25, -0.2) is 14.2 Å². The second kappa shape index (κ2) is 14.4. The number of anilines is 1. The molecule has 0 aromatic heterocycles. The highest BCUT2D eigenvalue weighted by Crippen LogP contribution is 2.30. The van der Waals surface area contributed by atoms with Gasteiger partial charge in [0.2, 0.25) is 5.90 Å². The van der Waals surface area contributed by atoms with E-state index in [1.54, 1.807) is 57.6 Å². The number of aliphatic imine (C=N–C) groups is 1. The summed E-state index contributed by atoms with van der Waals surface area (Å²) < 4.78 is 31.6. The van der Waals surface area contributed by atoms with Crippen LogP contribution in [0.5, 0.6) is 11.5 Å². The molecule has 0 bridgehead atoms. The largest absolute Gasteiger partial charge is 0.493 e. The van der Waals surface area contributed by atoms with Crippen LogP contribution in [-0.4, -0.2) is 51.3 Å². The van der Waals surface area contributed by atoms with Crippen LogP contribution in [0.1, 0.15) is 30.9 Å². The lowest BCUT2D eigenvalue weighted by molar-refractivity contribution is 0.231. The molecule has 0 unspecified atom stereocenters. The van der Waals surface area contributed by atoms with Crippen LogP contribution in [0.15, 0.2) is 76.1 Å². The summed E-state index contributed by atoms with van der Waals surface area (Å²) in [5.74, 6) is 1.45. The van der Waals surface area contributed by atoms with E-state index in [1.165, 1.54) is 11.0 Å². The predicted molar refractivity (Wildman–Crippen MR) is 153 cm³/mol. The normalized spacial score (nSPS) is 13.5. The van der Waals surface area contributed by atoms with Gasteiger partial charge in [-0.05, 0) is 74.5 Å². The highest BCUT2D eigenvalue weighted by molar-refractivity contribution is 6.30. The van der Waals surface area contributed by atoms with Gasteiger partial charge in [-0.3, -0.25) is 0 Å². The monoisotopic (exact) mass is 556 g/mol. The van der Waals surface area contributed by atoms with Gasteiger partial charge in [0, 0.05) is 29.8 Å². The molecule has 0 saturated carbocycles. The Morgan fingerprint density at radius 1 is 1.18 bits per heavy atom.